The molecule has 2 aliphatic rings. The maximum absolute atomic E-state index is 12.3. The fourth-order valence-corrected chi connectivity index (χ4v) is 2.50. The number of phenolic OH excluding ortho intramolecular Hbond substituents is 1. The van der Waals surface area contributed by atoms with Gasteiger partial charge in [0.15, 0.2) is 0 Å². The van der Waals surface area contributed by atoms with E-state index in [0.29, 0.717) is 11.3 Å². The predicted octanol–water partition coefficient (Wildman–Crippen LogP) is 2.55. The maximum Gasteiger partial charge on any atom is 0.277 e. The van der Waals surface area contributed by atoms with Crippen LogP contribution in [0.1, 0.15) is 31.2 Å². The second-order valence-electron chi connectivity index (χ2n) is 4.88. The van der Waals surface area contributed by atoms with Gasteiger partial charge in [0.2, 0.25) is 0 Å². The van der Waals surface area contributed by atoms with Crippen molar-refractivity contribution in [3.05, 3.63) is 35.5 Å². The van der Waals surface area contributed by atoms with Crippen LogP contribution in [-0.4, -0.2) is 28.3 Å². The van der Waals surface area contributed by atoms with Gasteiger partial charge in [0.05, 0.1) is 0 Å². The summed E-state index contributed by atoms with van der Waals surface area (Å²) in [5, 5.41) is 9.74. The van der Waals surface area contributed by atoms with Crippen molar-refractivity contribution in [2.75, 3.05) is 6.54 Å². The Balaban J connectivity index is 1.94. The van der Waals surface area contributed by atoms with E-state index in [2.05, 4.69) is 4.99 Å². The van der Waals surface area contributed by atoms with E-state index in [0.717, 1.165) is 38.1 Å². The number of hydrogen-bond donors (Lipinski definition) is 1. The molecule has 1 N–H and O–H groups in total. The summed E-state index contributed by atoms with van der Waals surface area (Å²) >= 11 is 0. The van der Waals surface area contributed by atoms with E-state index in [4.69, 9.17) is 0 Å². The average molecular weight is 256 g/mol. The predicted molar refractivity (Wildman–Crippen MR) is 73.7 cm³/mol. The van der Waals surface area contributed by atoms with Crippen LogP contribution in [0.25, 0.3) is 6.08 Å². The molecule has 3 rings (SSSR count). The quantitative estimate of drug-likeness (QED) is 0.785. The molecule has 1 saturated heterocycles. The molecule has 0 aromatic heterocycles. The number of para-hydroxylation sites is 1. The number of rotatable bonds is 1. The molecule has 0 spiro atoms. The van der Waals surface area contributed by atoms with Crippen LogP contribution in [0.4, 0.5) is 0 Å². The Morgan fingerprint density at radius 2 is 2.05 bits per heavy atom. The number of benzene rings is 1. The minimum absolute atomic E-state index is 0.0415. The SMILES string of the molecule is O=C1/C(=C/c2ccccc2O)N=C2CCCCCN12. The molecule has 1 amide bonds. The van der Waals surface area contributed by atoms with Crippen molar-refractivity contribution in [1.82, 2.24) is 4.90 Å². The molecule has 1 fully saturated rings. The van der Waals surface area contributed by atoms with E-state index >= 15 is 0 Å². The van der Waals surface area contributed by atoms with Gasteiger partial charge in [0, 0.05) is 18.5 Å². The van der Waals surface area contributed by atoms with Crippen LogP contribution >= 0.6 is 0 Å². The molecule has 0 aliphatic carbocycles. The second-order valence-corrected chi connectivity index (χ2v) is 4.88. The van der Waals surface area contributed by atoms with Crippen LogP contribution in [-0.2, 0) is 4.79 Å². The van der Waals surface area contributed by atoms with Gasteiger partial charge < -0.3 is 5.11 Å². The van der Waals surface area contributed by atoms with Gasteiger partial charge in [0.25, 0.3) is 5.91 Å². The van der Waals surface area contributed by atoms with E-state index in [9.17, 15) is 9.90 Å². The van der Waals surface area contributed by atoms with E-state index < -0.39 is 0 Å². The van der Waals surface area contributed by atoms with E-state index in [1.54, 1.807) is 29.2 Å². The first-order valence-corrected chi connectivity index (χ1v) is 6.65. The van der Waals surface area contributed by atoms with Crippen LogP contribution in [0.2, 0.25) is 0 Å². The lowest BCUT2D eigenvalue weighted by molar-refractivity contribution is -0.122. The molecular weight excluding hydrogens is 240 g/mol. The minimum atomic E-state index is -0.0415. The summed E-state index contributed by atoms with van der Waals surface area (Å²) in [7, 11) is 0. The minimum Gasteiger partial charge on any atom is -0.507 e. The number of nitrogens with zero attached hydrogens (tertiary/aromatic N) is 2. The molecule has 4 heteroatoms. The Hall–Kier alpha value is -2.10. The molecule has 2 aliphatic heterocycles. The third-order valence-corrected chi connectivity index (χ3v) is 3.54. The lowest BCUT2D eigenvalue weighted by atomic mass is 10.1. The molecule has 4 nitrogen and oxygen atoms in total. The Kier molecular flexibility index (Phi) is 3.07. The summed E-state index contributed by atoms with van der Waals surface area (Å²) in [6.45, 7) is 0.760. The van der Waals surface area contributed by atoms with Crippen LogP contribution in [0.5, 0.6) is 5.75 Å². The van der Waals surface area contributed by atoms with Crippen molar-refractivity contribution < 1.29 is 9.90 Å². The van der Waals surface area contributed by atoms with Crippen LogP contribution in [0.15, 0.2) is 35.0 Å². The molecule has 1 aromatic rings. The monoisotopic (exact) mass is 256 g/mol. The summed E-state index contributed by atoms with van der Waals surface area (Å²) < 4.78 is 0. The van der Waals surface area contributed by atoms with Crippen molar-refractivity contribution in [3.63, 3.8) is 0 Å². The van der Waals surface area contributed by atoms with Crippen molar-refractivity contribution in [2.24, 2.45) is 4.99 Å². The van der Waals surface area contributed by atoms with Crippen molar-refractivity contribution in [1.29, 1.82) is 0 Å². The standard InChI is InChI=1S/C15H16N2O2/c18-13-7-4-3-6-11(13)10-12-15(19)17-9-5-1-2-8-14(17)16-12/h3-4,6-7,10,18H,1-2,5,8-9H2/b12-10-. The highest BCUT2D eigenvalue weighted by Gasteiger charge is 2.30. The summed E-state index contributed by atoms with van der Waals surface area (Å²) in [6, 6.07) is 6.97. The Bertz CT molecular complexity index is 575. The summed E-state index contributed by atoms with van der Waals surface area (Å²) in [5.41, 5.74) is 1.06. The number of amides is 1. The lowest BCUT2D eigenvalue weighted by Crippen LogP contribution is -2.31. The second kappa shape index (κ2) is 4.88. The Morgan fingerprint density at radius 3 is 2.89 bits per heavy atom. The molecule has 0 radical (unpaired) electrons. The van der Waals surface area contributed by atoms with Gasteiger partial charge in [-0.2, -0.15) is 0 Å². The van der Waals surface area contributed by atoms with Gasteiger partial charge in [-0.3, -0.25) is 9.69 Å². The highest BCUT2D eigenvalue weighted by molar-refractivity contribution is 6.14. The molecule has 19 heavy (non-hydrogen) atoms. The third kappa shape index (κ3) is 2.26. The number of aliphatic imine (C=N–C) groups is 1. The molecule has 0 saturated carbocycles. The van der Waals surface area contributed by atoms with Gasteiger partial charge in [-0.1, -0.05) is 24.6 Å². The fourth-order valence-electron chi connectivity index (χ4n) is 2.50. The van der Waals surface area contributed by atoms with Gasteiger partial charge in [-0.25, -0.2) is 4.99 Å². The smallest absolute Gasteiger partial charge is 0.277 e. The largest absolute Gasteiger partial charge is 0.507 e. The van der Waals surface area contributed by atoms with E-state index in [-0.39, 0.29) is 11.7 Å². The highest BCUT2D eigenvalue weighted by atomic mass is 16.3. The zero-order chi connectivity index (χ0) is 13.2. The maximum atomic E-state index is 12.3. The first-order chi connectivity index (χ1) is 9.25. The molecule has 0 unspecified atom stereocenters. The van der Waals surface area contributed by atoms with E-state index in [1.165, 1.54) is 0 Å². The van der Waals surface area contributed by atoms with Gasteiger partial charge in [-0.15, -0.1) is 0 Å². The van der Waals surface area contributed by atoms with E-state index in [1.807, 2.05) is 6.07 Å². The van der Waals surface area contributed by atoms with Crippen molar-refractivity contribution in [2.45, 2.75) is 25.7 Å². The van der Waals surface area contributed by atoms with Crippen molar-refractivity contribution in [3.8, 4) is 5.75 Å². The molecule has 1 aromatic carbocycles. The lowest BCUT2D eigenvalue weighted by Gasteiger charge is -2.14. The highest BCUT2D eigenvalue weighted by Crippen LogP contribution is 2.26. The zero-order valence-electron chi connectivity index (χ0n) is 10.7. The van der Waals surface area contributed by atoms with Crippen LogP contribution in [0.3, 0.4) is 0 Å². The number of phenols is 1. The molecule has 0 atom stereocenters. The summed E-state index contributed by atoms with van der Waals surface area (Å²) in [4.78, 5) is 18.5. The number of carbonyl (C=O) groups is 1. The van der Waals surface area contributed by atoms with Gasteiger partial charge in [0.1, 0.15) is 17.3 Å². The number of fused-ring (bicyclic) bond motifs is 1. The molecule has 98 valence electrons. The summed E-state index contributed by atoms with van der Waals surface area (Å²) in [5.74, 6) is 1.01. The van der Waals surface area contributed by atoms with Gasteiger partial charge in [-0.05, 0) is 25.0 Å². The van der Waals surface area contributed by atoms with Crippen LogP contribution in [0, 0.1) is 0 Å². The first-order valence-electron chi connectivity index (χ1n) is 6.65. The Labute approximate surface area is 112 Å². The number of amidine groups is 1. The number of aromatic hydroxyl groups is 1. The van der Waals surface area contributed by atoms with Crippen LogP contribution < -0.4 is 0 Å². The molecular formula is C15H16N2O2. The topological polar surface area (TPSA) is 52.9 Å². The normalized spacial score (nSPS) is 21.3. The van der Waals surface area contributed by atoms with Gasteiger partial charge >= 0.3 is 0 Å². The van der Waals surface area contributed by atoms with Crippen molar-refractivity contribution >= 4 is 17.8 Å². The molecule has 0 bridgehead atoms. The Morgan fingerprint density at radius 1 is 1.21 bits per heavy atom. The summed E-state index contributed by atoms with van der Waals surface area (Å²) in [6.07, 6.45) is 5.81. The molecule has 2 heterocycles. The first kappa shape index (κ1) is 12.0. The number of carbonyl (C=O) groups excluding carboxylic acids is 1. The fraction of sp³-hybridized carbons (Fsp3) is 0.333. The number of hydrogen-bond acceptors (Lipinski definition) is 3. The zero-order valence-corrected chi connectivity index (χ0v) is 10.7. The average Bonchev–Trinajstić information content (AvgIpc) is 2.60. The third-order valence-electron chi connectivity index (χ3n) is 3.54.